The molecule has 7 heteroatoms. The fourth-order valence-electron chi connectivity index (χ4n) is 3.87. The molecule has 0 bridgehead atoms. The van der Waals surface area contributed by atoms with Gasteiger partial charge < -0.3 is 4.74 Å². The quantitative estimate of drug-likeness (QED) is 0.797. The van der Waals surface area contributed by atoms with E-state index < -0.39 is 10.0 Å². The lowest BCUT2D eigenvalue weighted by molar-refractivity contribution is -0.131. The van der Waals surface area contributed by atoms with Crippen molar-refractivity contribution in [2.45, 2.75) is 37.3 Å². The first-order valence-electron chi connectivity index (χ1n) is 6.97. The number of sulfonamides is 1. The fraction of sp³-hybridized carbons (Fsp3) is 0.643. The van der Waals surface area contributed by atoms with Crippen LogP contribution in [0.5, 0.6) is 0 Å². The van der Waals surface area contributed by atoms with E-state index in [4.69, 9.17) is 16.3 Å². The van der Waals surface area contributed by atoms with Crippen molar-refractivity contribution in [3.8, 4) is 0 Å². The largest absolute Gasteiger partial charge is 0.377 e. The summed E-state index contributed by atoms with van der Waals surface area (Å²) < 4.78 is 32.7. The average molecular weight is 331 g/mol. The average Bonchev–Trinajstić information content (AvgIpc) is 2.85. The molecule has 0 unspecified atom stereocenters. The fourth-order valence-corrected chi connectivity index (χ4v) is 5.46. The lowest BCUT2D eigenvalue weighted by atomic mass is 9.57. The molecule has 0 spiro atoms. The molecule has 2 heterocycles. The monoisotopic (exact) mass is 330 g/mol. The summed E-state index contributed by atoms with van der Waals surface area (Å²) in [5.74, 6) is 0.278. The summed E-state index contributed by atoms with van der Waals surface area (Å²) in [6.45, 7) is 4.85. The van der Waals surface area contributed by atoms with Crippen molar-refractivity contribution < 1.29 is 13.2 Å². The summed E-state index contributed by atoms with van der Waals surface area (Å²) in [6, 6.07) is 2.94. The molecule has 1 aromatic heterocycles. The normalized spacial score (nSPS) is 31.0. The third-order valence-electron chi connectivity index (χ3n) is 4.81. The highest BCUT2D eigenvalue weighted by molar-refractivity contribution is 7.89. The van der Waals surface area contributed by atoms with Gasteiger partial charge in [-0.15, -0.1) is 0 Å². The molecule has 1 aliphatic carbocycles. The number of hydrogen-bond donors (Lipinski definition) is 0. The maximum absolute atomic E-state index is 12.8. The second kappa shape index (κ2) is 4.91. The Kier molecular flexibility index (Phi) is 3.56. The van der Waals surface area contributed by atoms with E-state index in [2.05, 4.69) is 18.8 Å². The van der Waals surface area contributed by atoms with Gasteiger partial charge >= 0.3 is 0 Å². The number of ether oxygens (including phenoxy) is 1. The summed E-state index contributed by atoms with van der Waals surface area (Å²) in [5.41, 5.74) is -0.178. The molecule has 2 fully saturated rings. The van der Waals surface area contributed by atoms with Gasteiger partial charge in [-0.25, -0.2) is 13.4 Å². The molecule has 2 aliphatic rings. The van der Waals surface area contributed by atoms with Gasteiger partial charge in [0.1, 0.15) is 10.0 Å². The summed E-state index contributed by atoms with van der Waals surface area (Å²) in [5, 5.41) is 0.282. The van der Waals surface area contributed by atoms with Crippen molar-refractivity contribution in [2.24, 2.45) is 11.3 Å². The van der Waals surface area contributed by atoms with Crippen molar-refractivity contribution in [1.29, 1.82) is 0 Å². The number of pyridine rings is 1. The Bertz CT molecular complexity index is 645. The zero-order valence-corrected chi connectivity index (χ0v) is 13.9. The third kappa shape index (κ3) is 2.20. The first-order chi connectivity index (χ1) is 9.76. The SMILES string of the molecule is CN([C@@H]1[C@@H]2CCO[C@H]2C1(C)C)S(=O)(=O)c1ccc(Cl)nc1. The predicted octanol–water partition coefficient (Wildman–Crippen LogP) is 2.17. The highest BCUT2D eigenvalue weighted by atomic mass is 35.5. The van der Waals surface area contributed by atoms with Crippen LogP contribution < -0.4 is 0 Å². The van der Waals surface area contributed by atoms with Crippen molar-refractivity contribution in [1.82, 2.24) is 9.29 Å². The van der Waals surface area contributed by atoms with Gasteiger partial charge in [0.15, 0.2) is 0 Å². The number of aromatic nitrogens is 1. The van der Waals surface area contributed by atoms with Crippen molar-refractivity contribution in [3.63, 3.8) is 0 Å². The number of fused-ring (bicyclic) bond motifs is 1. The highest BCUT2D eigenvalue weighted by Gasteiger charge is 2.62. The lowest BCUT2D eigenvalue weighted by Crippen LogP contribution is -2.66. The van der Waals surface area contributed by atoms with Crippen LogP contribution >= 0.6 is 11.6 Å². The molecular weight excluding hydrogens is 312 g/mol. The van der Waals surface area contributed by atoms with E-state index in [0.717, 1.165) is 6.42 Å². The molecule has 3 rings (SSSR count). The van der Waals surface area contributed by atoms with Crippen LogP contribution in [0.25, 0.3) is 0 Å². The van der Waals surface area contributed by atoms with Crippen molar-refractivity contribution in [3.05, 3.63) is 23.5 Å². The van der Waals surface area contributed by atoms with Crippen LogP contribution in [0, 0.1) is 11.3 Å². The number of halogens is 1. The van der Waals surface area contributed by atoms with E-state index in [1.54, 1.807) is 7.05 Å². The van der Waals surface area contributed by atoms with E-state index in [9.17, 15) is 8.42 Å². The van der Waals surface area contributed by atoms with Gasteiger partial charge in [-0.3, -0.25) is 0 Å². The number of hydrogen-bond acceptors (Lipinski definition) is 4. The molecule has 116 valence electrons. The van der Waals surface area contributed by atoms with Crippen LogP contribution in [-0.2, 0) is 14.8 Å². The second-order valence-electron chi connectivity index (χ2n) is 6.35. The van der Waals surface area contributed by atoms with Gasteiger partial charge in [-0.1, -0.05) is 25.4 Å². The predicted molar refractivity (Wildman–Crippen MR) is 79.6 cm³/mol. The van der Waals surface area contributed by atoms with Gasteiger partial charge in [-0.05, 0) is 18.6 Å². The van der Waals surface area contributed by atoms with Gasteiger partial charge in [0.25, 0.3) is 0 Å². The highest BCUT2D eigenvalue weighted by Crippen LogP contribution is 2.55. The van der Waals surface area contributed by atoms with E-state index in [1.807, 2.05) is 0 Å². The van der Waals surface area contributed by atoms with Gasteiger partial charge in [0, 0.05) is 37.2 Å². The minimum atomic E-state index is -3.57. The topological polar surface area (TPSA) is 59.5 Å². The van der Waals surface area contributed by atoms with E-state index in [-0.39, 0.29) is 33.5 Å². The Morgan fingerprint density at radius 1 is 1.43 bits per heavy atom. The van der Waals surface area contributed by atoms with Gasteiger partial charge in [0.2, 0.25) is 10.0 Å². The van der Waals surface area contributed by atoms with E-state index in [0.29, 0.717) is 6.61 Å². The van der Waals surface area contributed by atoms with Crippen LogP contribution in [-0.4, -0.2) is 43.5 Å². The van der Waals surface area contributed by atoms with Crippen molar-refractivity contribution >= 4 is 21.6 Å². The summed E-state index contributed by atoms with van der Waals surface area (Å²) in [7, 11) is -1.93. The molecule has 1 aromatic rings. The Morgan fingerprint density at radius 2 is 2.14 bits per heavy atom. The summed E-state index contributed by atoms with van der Waals surface area (Å²) in [6.07, 6.45) is 2.38. The third-order valence-corrected chi connectivity index (χ3v) is 6.85. The van der Waals surface area contributed by atoms with Gasteiger partial charge in [-0.2, -0.15) is 4.31 Å². The maximum atomic E-state index is 12.8. The van der Waals surface area contributed by atoms with Crippen LogP contribution in [0.3, 0.4) is 0 Å². The standard InChI is InChI=1S/C14H19ClN2O3S/c1-14(2)12(10-6-7-20-13(10)14)17(3)21(18,19)9-4-5-11(15)16-8-9/h4-5,8,10,12-13H,6-7H2,1-3H3/t10-,12+,13+/m0/s1. The zero-order valence-electron chi connectivity index (χ0n) is 12.3. The Labute approximate surface area is 130 Å². The van der Waals surface area contributed by atoms with Crippen LogP contribution in [0.1, 0.15) is 20.3 Å². The molecule has 1 saturated carbocycles. The summed E-state index contributed by atoms with van der Waals surface area (Å²) >= 11 is 5.72. The molecule has 0 radical (unpaired) electrons. The zero-order chi connectivity index (χ0) is 15.4. The van der Waals surface area contributed by atoms with E-state index >= 15 is 0 Å². The molecule has 5 nitrogen and oxygen atoms in total. The van der Waals surface area contributed by atoms with Crippen LogP contribution in [0.2, 0.25) is 5.15 Å². The van der Waals surface area contributed by atoms with Gasteiger partial charge in [0.05, 0.1) is 6.10 Å². The van der Waals surface area contributed by atoms with Crippen LogP contribution in [0.4, 0.5) is 0 Å². The number of nitrogens with zero attached hydrogens (tertiary/aromatic N) is 2. The summed E-state index contributed by atoms with van der Waals surface area (Å²) in [4.78, 5) is 4.04. The molecule has 1 saturated heterocycles. The molecule has 0 amide bonds. The lowest BCUT2D eigenvalue weighted by Gasteiger charge is -2.57. The molecule has 1 aliphatic heterocycles. The molecular formula is C14H19ClN2O3S. The molecule has 3 atom stereocenters. The minimum absolute atomic E-state index is 0.0503. The smallest absolute Gasteiger partial charge is 0.244 e. The first kappa shape index (κ1) is 15.2. The Balaban J connectivity index is 1.91. The molecule has 21 heavy (non-hydrogen) atoms. The second-order valence-corrected chi connectivity index (χ2v) is 8.73. The number of rotatable bonds is 3. The van der Waals surface area contributed by atoms with Crippen molar-refractivity contribution in [2.75, 3.05) is 13.7 Å². The first-order valence-corrected chi connectivity index (χ1v) is 8.79. The van der Waals surface area contributed by atoms with E-state index in [1.165, 1.54) is 22.6 Å². The Morgan fingerprint density at radius 3 is 2.76 bits per heavy atom. The molecule has 0 aromatic carbocycles. The van der Waals surface area contributed by atoms with Crippen LogP contribution in [0.15, 0.2) is 23.2 Å². The Hall–Kier alpha value is -0.690. The minimum Gasteiger partial charge on any atom is -0.377 e. The maximum Gasteiger partial charge on any atom is 0.244 e. The molecule has 0 N–H and O–H groups in total.